The number of carbonyl (C=O) groups excluding carboxylic acids is 1. The molecule has 1 unspecified atom stereocenters. The number of nitrogens with zero attached hydrogens (tertiary/aromatic N) is 1. The van der Waals surface area contributed by atoms with Crippen LogP contribution < -0.4 is 0 Å². The van der Waals surface area contributed by atoms with Crippen molar-refractivity contribution in [3.8, 4) is 0 Å². The van der Waals surface area contributed by atoms with Crippen molar-refractivity contribution in [2.75, 3.05) is 6.54 Å². The number of benzene rings is 1. The molecule has 1 saturated heterocycles. The number of hydrogen-bond acceptors (Lipinski definition) is 2. The van der Waals surface area contributed by atoms with Gasteiger partial charge < -0.3 is 15.0 Å². The summed E-state index contributed by atoms with van der Waals surface area (Å²) in [6.07, 6.45) is 1.94. The fraction of sp³-hybridized carbons (Fsp3) is 0.400. The standard InChI is InChI=1S/C15H18N2O2/c1-15(2)13(18)7-8-17(15)14(19)11-9-16-12-6-4-3-5-10(11)12/h3-6,9,13,16,18H,7-8H2,1-2H3. The van der Waals surface area contributed by atoms with Gasteiger partial charge in [-0.15, -0.1) is 0 Å². The molecule has 0 radical (unpaired) electrons. The largest absolute Gasteiger partial charge is 0.391 e. The highest BCUT2D eigenvalue weighted by molar-refractivity contribution is 6.07. The van der Waals surface area contributed by atoms with E-state index in [9.17, 15) is 9.90 Å². The fourth-order valence-electron chi connectivity index (χ4n) is 2.83. The molecule has 1 fully saturated rings. The lowest BCUT2D eigenvalue weighted by atomic mass is 9.98. The maximum Gasteiger partial charge on any atom is 0.256 e. The third-order valence-electron chi connectivity index (χ3n) is 4.20. The normalized spacial score (nSPS) is 22.1. The predicted molar refractivity (Wildman–Crippen MR) is 74.0 cm³/mol. The molecule has 0 spiro atoms. The molecule has 19 heavy (non-hydrogen) atoms. The van der Waals surface area contributed by atoms with Crippen LogP contribution in [0.1, 0.15) is 30.6 Å². The van der Waals surface area contributed by atoms with Crippen molar-refractivity contribution >= 4 is 16.8 Å². The van der Waals surface area contributed by atoms with Crippen LogP contribution in [0.25, 0.3) is 10.9 Å². The summed E-state index contributed by atoms with van der Waals surface area (Å²) < 4.78 is 0. The third kappa shape index (κ3) is 1.75. The van der Waals surface area contributed by atoms with Crippen LogP contribution >= 0.6 is 0 Å². The summed E-state index contributed by atoms with van der Waals surface area (Å²) in [4.78, 5) is 17.6. The van der Waals surface area contributed by atoms with E-state index in [1.54, 1.807) is 11.1 Å². The summed E-state index contributed by atoms with van der Waals surface area (Å²) in [5.74, 6) is -0.0148. The van der Waals surface area contributed by atoms with Gasteiger partial charge in [-0.25, -0.2) is 0 Å². The first kappa shape index (κ1) is 12.2. The van der Waals surface area contributed by atoms with Crippen molar-refractivity contribution in [1.29, 1.82) is 0 Å². The van der Waals surface area contributed by atoms with Gasteiger partial charge in [0, 0.05) is 23.6 Å². The smallest absolute Gasteiger partial charge is 0.256 e. The van der Waals surface area contributed by atoms with Gasteiger partial charge in [0.25, 0.3) is 5.91 Å². The molecule has 2 aromatic rings. The molecular weight excluding hydrogens is 240 g/mol. The molecule has 1 atom stereocenters. The molecule has 3 rings (SSSR count). The summed E-state index contributed by atoms with van der Waals surface area (Å²) in [7, 11) is 0. The molecule has 4 heteroatoms. The number of likely N-dealkylation sites (tertiary alicyclic amines) is 1. The molecule has 0 aliphatic carbocycles. The summed E-state index contributed by atoms with van der Waals surface area (Å²) in [5, 5.41) is 10.9. The third-order valence-corrected chi connectivity index (χ3v) is 4.20. The van der Waals surface area contributed by atoms with Gasteiger partial charge in [-0.2, -0.15) is 0 Å². The number of nitrogens with one attached hydrogen (secondary N) is 1. The van der Waals surface area contributed by atoms with Crippen LogP contribution in [0.3, 0.4) is 0 Å². The second-order valence-corrected chi connectivity index (χ2v) is 5.66. The summed E-state index contributed by atoms with van der Waals surface area (Å²) in [6.45, 7) is 4.43. The van der Waals surface area contributed by atoms with E-state index in [1.807, 2.05) is 38.1 Å². The first-order valence-corrected chi connectivity index (χ1v) is 6.58. The number of fused-ring (bicyclic) bond motifs is 1. The van der Waals surface area contributed by atoms with Crippen LogP contribution in [-0.4, -0.2) is 39.1 Å². The van der Waals surface area contributed by atoms with Gasteiger partial charge in [0.2, 0.25) is 0 Å². The van der Waals surface area contributed by atoms with Crippen molar-refractivity contribution in [3.05, 3.63) is 36.0 Å². The Hall–Kier alpha value is -1.81. The molecule has 1 aromatic heterocycles. The average Bonchev–Trinajstić information content (AvgIpc) is 2.92. The van der Waals surface area contributed by atoms with Gasteiger partial charge in [-0.3, -0.25) is 4.79 Å². The number of hydrogen-bond donors (Lipinski definition) is 2. The fourth-order valence-corrected chi connectivity index (χ4v) is 2.83. The number of carbonyl (C=O) groups is 1. The Morgan fingerprint density at radius 1 is 1.42 bits per heavy atom. The van der Waals surface area contributed by atoms with Crippen molar-refractivity contribution < 1.29 is 9.90 Å². The van der Waals surface area contributed by atoms with E-state index in [-0.39, 0.29) is 5.91 Å². The molecule has 1 amide bonds. The first-order valence-electron chi connectivity index (χ1n) is 6.58. The molecular formula is C15H18N2O2. The minimum Gasteiger partial charge on any atom is -0.391 e. The van der Waals surface area contributed by atoms with Gasteiger partial charge in [0.15, 0.2) is 0 Å². The zero-order valence-electron chi connectivity index (χ0n) is 11.2. The van der Waals surface area contributed by atoms with Crippen molar-refractivity contribution in [2.24, 2.45) is 0 Å². The van der Waals surface area contributed by atoms with Crippen molar-refractivity contribution in [1.82, 2.24) is 9.88 Å². The molecule has 2 heterocycles. The Bertz CT molecular complexity index is 630. The lowest BCUT2D eigenvalue weighted by molar-refractivity contribution is 0.0396. The number of aromatic nitrogens is 1. The SMILES string of the molecule is CC1(C)C(O)CCN1C(=O)c1c[nH]c2ccccc12. The molecule has 100 valence electrons. The van der Waals surface area contributed by atoms with Gasteiger partial charge >= 0.3 is 0 Å². The molecule has 1 aliphatic heterocycles. The van der Waals surface area contributed by atoms with E-state index in [2.05, 4.69) is 4.98 Å². The van der Waals surface area contributed by atoms with Crippen LogP contribution in [0, 0.1) is 0 Å². The highest BCUT2D eigenvalue weighted by Gasteiger charge is 2.43. The zero-order valence-corrected chi connectivity index (χ0v) is 11.2. The van der Waals surface area contributed by atoms with Crippen LogP contribution in [0.2, 0.25) is 0 Å². The summed E-state index contributed by atoms with van der Waals surface area (Å²) in [6, 6.07) is 7.77. The number of rotatable bonds is 1. The first-order chi connectivity index (χ1) is 9.01. The maximum absolute atomic E-state index is 12.7. The minimum atomic E-state index is -0.505. The van der Waals surface area contributed by atoms with Crippen molar-refractivity contribution in [3.63, 3.8) is 0 Å². The predicted octanol–water partition coefficient (Wildman–Crippen LogP) is 2.15. The van der Waals surface area contributed by atoms with E-state index < -0.39 is 11.6 Å². The second-order valence-electron chi connectivity index (χ2n) is 5.66. The number of aromatic amines is 1. The van der Waals surface area contributed by atoms with E-state index in [0.29, 0.717) is 18.5 Å². The van der Waals surface area contributed by atoms with E-state index in [4.69, 9.17) is 0 Å². The highest BCUT2D eigenvalue weighted by atomic mass is 16.3. The Balaban J connectivity index is 2.01. The number of amides is 1. The van der Waals surface area contributed by atoms with Crippen LogP contribution in [0.5, 0.6) is 0 Å². The van der Waals surface area contributed by atoms with Gasteiger partial charge in [0.05, 0.1) is 17.2 Å². The average molecular weight is 258 g/mol. The highest BCUT2D eigenvalue weighted by Crippen LogP contribution is 2.31. The maximum atomic E-state index is 12.7. The molecule has 0 bridgehead atoms. The monoisotopic (exact) mass is 258 g/mol. The Morgan fingerprint density at radius 3 is 2.84 bits per heavy atom. The Labute approximate surface area is 112 Å². The van der Waals surface area contributed by atoms with Gasteiger partial charge in [-0.05, 0) is 26.3 Å². The lowest BCUT2D eigenvalue weighted by Crippen LogP contribution is -2.48. The van der Waals surface area contributed by atoms with Crippen LogP contribution in [-0.2, 0) is 0 Å². The summed E-state index contributed by atoms with van der Waals surface area (Å²) >= 11 is 0. The molecule has 2 N–H and O–H groups in total. The van der Waals surface area contributed by atoms with E-state index in [1.165, 1.54) is 0 Å². The lowest BCUT2D eigenvalue weighted by Gasteiger charge is -2.33. The Kier molecular flexibility index (Phi) is 2.64. The molecule has 4 nitrogen and oxygen atoms in total. The van der Waals surface area contributed by atoms with Gasteiger partial charge in [0.1, 0.15) is 0 Å². The number of para-hydroxylation sites is 1. The molecule has 1 aliphatic rings. The second kappa shape index (κ2) is 4.10. The Morgan fingerprint density at radius 2 is 2.16 bits per heavy atom. The van der Waals surface area contributed by atoms with E-state index in [0.717, 1.165) is 10.9 Å². The van der Waals surface area contributed by atoms with Gasteiger partial charge in [-0.1, -0.05) is 18.2 Å². The quantitative estimate of drug-likeness (QED) is 0.823. The van der Waals surface area contributed by atoms with Crippen molar-refractivity contribution in [2.45, 2.75) is 31.9 Å². The summed E-state index contributed by atoms with van der Waals surface area (Å²) in [5.41, 5.74) is 1.14. The number of aliphatic hydroxyl groups excluding tert-OH is 1. The minimum absolute atomic E-state index is 0.0148. The zero-order chi connectivity index (χ0) is 13.6. The van der Waals surface area contributed by atoms with E-state index >= 15 is 0 Å². The number of H-pyrrole nitrogens is 1. The van der Waals surface area contributed by atoms with Crippen LogP contribution in [0.4, 0.5) is 0 Å². The van der Waals surface area contributed by atoms with Crippen LogP contribution in [0.15, 0.2) is 30.5 Å². The topological polar surface area (TPSA) is 56.3 Å². The molecule has 0 saturated carbocycles. The molecule has 1 aromatic carbocycles. The number of aliphatic hydroxyl groups is 1.